The number of fused-ring (bicyclic) bond motifs is 1. The third-order valence-corrected chi connectivity index (χ3v) is 13.8. The fourth-order valence-corrected chi connectivity index (χ4v) is 10.1. The van der Waals surface area contributed by atoms with Crippen LogP contribution in [-0.2, 0) is 44.6 Å². The molecule has 63 heavy (non-hydrogen) atoms. The molecule has 16 nitrogen and oxygen atoms in total. The van der Waals surface area contributed by atoms with Gasteiger partial charge < -0.3 is 44.3 Å². The molecule has 1 aromatic heterocycles. The zero-order valence-electron chi connectivity index (χ0n) is 38.9. The van der Waals surface area contributed by atoms with Crippen molar-refractivity contribution in [1.29, 1.82) is 0 Å². The van der Waals surface area contributed by atoms with Gasteiger partial charge in [-0.3, -0.25) is 19.1 Å². The highest BCUT2D eigenvalue weighted by Gasteiger charge is 2.61. The van der Waals surface area contributed by atoms with Gasteiger partial charge in [0.15, 0.2) is 17.7 Å². The number of ketones is 2. The van der Waals surface area contributed by atoms with Gasteiger partial charge in [-0.05, 0) is 91.4 Å². The highest BCUT2D eigenvalue weighted by atomic mass is 32.2. The summed E-state index contributed by atoms with van der Waals surface area (Å²) in [6.07, 6.45) is -0.0198. The summed E-state index contributed by atoms with van der Waals surface area (Å²) in [4.78, 5) is 60.8. The lowest BCUT2D eigenvalue weighted by Gasteiger charge is -2.47. The molecule has 4 heterocycles. The van der Waals surface area contributed by atoms with Crippen molar-refractivity contribution in [3.63, 3.8) is 0 Å². The fourth-order valence-electron chi connectivity index (χ4n) is 10.1. The minimum absolute atomic E-state index is 0.0939. The van der Waals surface area contributed by atoms with E-state index in [0.29, 0.717) is 30.9 Å². The topological polar surface area (TPSA) is 198 Å². The summed E-state index contributed by atoms with van der Waals surface area (Å²) in [5.74, 6) is -4.71. The summed E-state index contributed by atoms with van der Waals surface area (Å²) in [5.41, 5.74) is 5.50. The lowest BCUT2D eigenvalue weighted by molar-refractivity contribution is -0.295. The van der Waals surface area contributed by atoms with Gasteiger partial charge in [-0.2, -0.15) is 3.89 Å². The number of cyclic esters (lactones) is 1. The SMILES string of the molecule is CC[C@H]1OC(=O)[C@H](C)C(=O)[C@H](C)[C@@H](O[C@@H]2OC(C)CC(N(C)C)C2O)[C@](C)(OC)C[C@@H](C)C(=O)[C@H](C)[C@H]2N(CC3CC3Cn3cc(-c4cccc(N)c4)nn3)C(=O)O[C@]12C.CSF. The van der Waals surface area contributed by atoms with Gasteiger partial charge in [0.2, 0.25) is 0 Å². The third-order valence-electron chi connectivity index (χ3n) is 13.8. The van der Waals surface area contributed by atoms with E-state index in [0.717, 1.165) is 12.0 Å². The average Bonchev–Trinajstić information content (AvgIpc) is 3.68. The van der Waals surface area contributed by atoms with Crippen molar-refractivity contribution in [3.05, 3.63) is 30.5 Å². The number of esters is 1. The number of nitrogens with zero attached hydrogens (tertiary/aromatic N) is 5. The van der Waals surface area contributed by atoms with Crippen molar-refractivity contribution < 1.29 is 51.9 Å². The molecule has 352 valence electrons. The van der Waals surface area contributed by atoms with Crippen LogP contribution < -0.4 is 5.73 Å². The summed E-state index contributed by atoms with van der Waals surface area (Å²) in [5, 5.41) is 20.2. The molecule has 5 unspecified atom stereocenters. The van der Waals surface area contributed by atoms with Crippen LogP contribution in [0.25, 0.3) is 11.3 Å². The fraction of sp³-hybridized carbons (Fsp3) is 0.733. The summed E-state index contributed by atoms with van der Waals surface area (Å²) < 4.78 is 43.4. The molecule has 6 rings (SSSR count). The number of methoxy groups -OCH3 is 1. The number of aliphatic hydroxyl groups excluding tert-OH is 1. The Labute approximate surface area is 375 Å². The maximum absolute atomic E-state index is 14.8. The van der Waals surface area contributed by atoms with Crippen molar-refractivity contribution in [3.8, 4) is 11.3 Å². The average molecular weight is 905 g/mol. The largest absolute Gasteiger partial charge is 0.458 e. The van der Waals surface area contributed by atoms with Gasteiger partial charge in [-0.1, -0.05) is 45.0 Å². The first-order valence-electron chi connectivity index (χ1n) is 22.0. The molecular weight excluding hydrogens is 836 g/mol. The Kier molecular flexibility index (Phi) is 16.5. The smallest absolute Gasteiger partial charge is 0.410 e. The summed E-state index contributed by atoms with van der Waals surface area (Å²) >= 11 is 0.250. The molecule has 3 saturated heterocycles. The van der Waals surface area contributed by atoms with Crippen molar-refractivity contribution in [2.24, 2.45) is 35.5 Å². The number of likely N-dealkylation sites (N-methyl/N-ethyl adjacent to an activating group) is 1. The second-order valence-electron chi connectivity index (χ2n) is 18.7. The molecule has 15 atom stereocenters. The highest BCUT2D eigenvalue weighted by molar-refractivity contribution is 7.93. The predicted molar refractivity (Wildman–Crippen MR) is 236 cm³/mol. The molecule has 18 heteroatoms. The number of hydrogen-bond acceptors (Lipinski definition) is 15. The van der Waals surface area contributed by atoms with E-state index in [1.165, 1.54) is 20.3 Å². The number of benzene rings is 1. The number of Topliss-reactive ketones (excluding diaryl/α,β-unsaturated/α-hetero) is 2. The number of nitrogens with two attached hydrogens (primary N) is 1. The van der Waals surface area contributed by atoms with Crippen LogP contribution in [0.2, 0.25) is 0 Å². The predicted octanol–water partition coefficient (Wildman–Crippen LogP) is 5.60. The van der Waals surface area contributed by atoms with Crippen LogP contribution in [-0.4, -0.2) is 142 Å². The summed E-state index contributed by atoms with van der Waals surface area (Å²) in [6, 6.07) is 6.37. The Morgan fingerprint density at radius 3 is 2.32 bits per heavy atom. The number of aliphatic hydroxyl groups is 1. The van der Waals surface area contributed by atoms with E-state index in [9.17, 15) is 28.2 Å². The Balaban J connectivity index is 0.00000242. The van der Waals surface area contributed by atoms with Gasteiger partial charge in [-0.25, -0.2) is 4.79 Å². The van der Waals surface area contributed by atoms with Crippen LogP contribution in [0.15, 0.2) is 30.5 Å². The van der Waals surface area contributed by atoms with Crippen LogP contribution in [0.4, 0.5) is 14.4 Å². The van der Waals surface area contributed by atoms with Crippen LogP contribution in [0.5, 0.6) is 0 Å². The number of ether oxygens (including phenoxy) is 5. The van der Waals surface area contributed by atoms with Crippen LogP contribution >= 0.6 is 12.1 Å². The number of carbonyl (C=O) groups excluding carboxylic acids is 4. The number of aromatic nitrogens is 3. The monoisotopic (exact) mass is 904 g/mol. The van der Waals surface area contributed by atoms with Crippen LogP contribution in [0, 0.1) is 35.5 Å². The first kappa shape index (κ1) is 50.3. The molecular formula is C45H69FN6O10S. The van der Waals surface area contributed by atoms with E-state index in [1.807, 2.05) is 70.2 Å². The van der Waals surface area contributed by atoms with Gasteiger partial charge in [0.05, 0.1) is 30.0 Å². The van der Waals surface area contributed by atoms with E-state index >= 15 is 0 Å². The molecule has 0 radical (unpaired) electrons. The molecule has 1 aromatic carbocycles. The van der Waals surface area contributed by atoms with Crippen molar-refractivity contribution in [2.45, 2.75) is 142 Å². The summed E-state index contributed by atoms with van der Waals surface area (Å²) in [7, 11) is 5.24. The van der Waals surface area contributed by atoms with Gasteiger partial charge in [0.25, 0.3) is 0 Å². The maximum atomic E-state index is 14.8. The quantitative estimate of drug-likeness (QED) is 0.170. The van der Waals surface area contributed by atoms with E-state index in [2.05, 4.69) is 10.3 Å². The molecule has 1 saturated carbocycles. The lowest BCUT2D eigenvalue weighted by atomic mass is 9.73. The molecule has 3 N–H and O–H groups in total. The highest BCUT2D eigenvalue weighted by Crippen LogP contribution is 2.47. The van der Waals surface area contributed by atoms with Gasteiger partial charge in [0.1, 0.15) is 29.6 Å². The minimum atomic E-state index is -1.41. The molecule has 1 amide bonds. The normalized spacial score (nSPS) is 37.7. The number of amides is 1. The second-order valence-corrected chi connectivity index (χ2v) is 19.0. The Bertz CT molecular complexity index is 1920. The third kappa shape index (κ3) is 10.9. The standard InChI is InChI=1S/C44H66N6O10.CH3FS/c1-12-34-44(8)38(50(42(55)60-44)21-30-17-29(30)20-49-22-32(46-47-49)28-14-13-15-31(45)18-28)25(4)35(51)23(2)19-43(7,56-11)39(26(5)36(52)27(6)40(54)58-34)59-41-37(53)33(48(9)10)16-24(3)57-41;1-3-2/h13-15,18,22-27,29-30,33-34,37-39,41,53H,12,16-17,19-21,45H2,1-11H3;1H3/t23-,24?,25+,26+,27-,29?,30?,33?,34-,37?,38-,39-,41+,43-,44-;/m1./s1. The minimum Gasteiger partial charge on any atom is -0.458 e. The van der Waals surface area contributed by atoms with Gasteiger partial charge >= 0.3 is 12.1 Å². The number of halogens is 1. The number of carbonyl (C=O) groups is 4. The summed E-state index contributed by atoms with van der Waals surface area (Å²) in [6.45, 7) is 14.9. The molecule has 0 bridgehead atoms. The second kappa shape index (κ2) is 20.7. The first-order chi connectivity index (χ1) is 29.6. The Hall–Kier alpha value is -3.68. The van der Waals surface area contributed by atoms with Crippen LogP contribution in [0.3, 0.4) is 0 Å². The zero-order chi connectivity index (χ0) is 46.7. The zero-order valence-corrected chi connectivity index (χ0v) is 39.7. The number of anilines is 1. The van der Waals surface area contributed by atoms with Crippen molar-refractivity contribution in [2.75, 3.05) is 39.7 Å². The lowest BCUT2D eigenvalue weighted by Crippen LogP contribution is -2.60. The number of hydrogen-bond donors (Lipinski definition) is 2. The molecule has 0 spiro atoms. The van der Waals surface area contributed by atoms with Gasteiger partial charge in [0, 0.05) is 73.6 Å². The molecule has 3 aliphatic heterocycles. The molecule has 4 fully saturated rings. The van der Waals surface area contributed by atoms with Crippen molar-refractivity contribution >= 4 is 41.5 Å². The first-order valence-corrected chi connectivity index (χ1v) is 23.2. The van der Waals surface area contributed by atoms with E-state index in [4.69, 9.17) is 29.4 Å². The van der Waals surface area contributed by atoms with E-state index < -0.39 is 83.4 Å². The van der Waals surface area contributed by atoms with Crippen molar-refractivity contribution in [1.82, 2.24) is 24.8 Å². The molecule has 4 aliphatic rings. The molecule has 1 aliphatic carbocycles. The van der Waals surface area contributed by atoms with E-state index in [1.54, 1.807) is 37.3 Å². The Morgan fingerprint density at radius 1 is 1.03 bits per heavy atom. The van der Waals surface area contributed by atoms with E-state index in [-0.39, 0.29) is 54.8 Å². The molecule has 2 aromatic rings. The van der Waals surface area contributed by atoms with Gasteiger partial charge in [-0.15, -0.1) is 5.10 Å². The Morgan fingerprint density at radius 2 is 1.70 bits per heavy atom. The van der Waals surface area contributed by atoms with Crippen LogP contribution in [0.1, 0.15) is 81.1 Å². The maximum Gasteiger partial charge on any atom is 0.410 e. The number of nitrogen functional groups attached to an aromatic ring is 1. The number of rotatable bonds is 10.